The van der Waals surface area contributed by atoms with Gasteiger partial charge in [-0.25, -0.2) is 4.39 Å². The van der Waals surface area contributed by atoms with Crippen LogP contribution in [0.5, 0.6) is 0 Å². The number of para-hydroxylation sites is 1. The highest BCUT2D eigenvalue weighted by Crippen LogP contribution is 2.53. The number of aromatic nitrogens is 1. The van der Waals surface area contributed by atoms with Crippen molar-refractivity contribution < 1.29 is 27.4 Å². The van der Waals surface area contributed by atoms with E-state index in [-0.39, 0.29) is 32.0 Å². The number of halogens is 4. The predicted octanol–water partition coefficient (Wildman–Crippen LogP) is 5.82. The maximum absolute atomic E-state index is 15.1. The number of hydrogen-bond donors (Lipinski definition) is 2. The number of nitrogens with one attached hydrogen (secondary N) is 1. The van der Waals surface area contributed by atoms with Crippen molar-refractivity contribution in [2.24, 2.45) is 0 Å². The van der Waals surface area contributed by atoms with Crippen LogP contribution in [-0.2, 0) is 15.7 Å². The molecule has 2 unspecified atom stereocenters. The highest BCUT2D eigenvalue weighted by atomic mass is 19.4. The van der Waals surface area contributed by atoms with Gasteiger partial charge in [0.25, 0.3) is 0 Å². The first-order chi connectivity index (χ1) is 16.3. The average Bonchev–Trinajstić information content (AvgIpc) is 3.24. The molecule has 2 heterocycles. The topological polar surface area (TPSA) is 48.5 Å². The molecule has 3 aromatic rings. The standard InChI is InChI=1S/C27H32F4N2O2/c1-18-9-10-20(28)16-21(18)24(2,3)17-26(34,27(29,30)31)25(4,33-11-13-35-14-12-33)23-15-19-7-5-6-8-22(19)32-23/h5-10,15-16,32,34H,11-14,17H2,1-4H3. The van der Waals surface area contributed by atoms with E-state index in [1.807, 2.05) is 12.1 Å². The van der Waals surface area contributed by atoms with Gasteiger partial charge in [0.2, 0.25) is 0 Å². The van der Waals surface area contributed by atoms with Crippen LogP contribution in [0.25, 0.3) is 10.9 Å². The first kappa shape index (κ1) is 25.7. The minimum absolute atomic E-state index is 0.226. The fourth-order valence-corrected chi connectivity index (χ4v) is 5.61. The molecule has 0 spiro atoms. The molecule has 190 valence electrons. The zero-order chi connectivity index (χ0) is 25.6. The van der Waals surface area contributed by atoms with Gasteiger partial charge in [-0.15, -0.1) is 0 Å². The second kappa shape index (κ2) is 8.91. The van der Waals surface area contributed by atoms with Crippen LogP contribution < -0.4 is 0 Å². The van der Waals surface area contributed by atoms with E-state index in [9.17, 15) is 9.50 Å². The number of benzene rings is 2. The number of morpholine rings is 1. The highest BCUT2D eigenvalue weighted by molar-refractivity contribution is 5.80. The van der Waals surface area contributed by atoms with Gasteiger partial charge in [-0.05, 0) is 66.5 Å². The lowest BCUT2D eigenvalue weighted by molar-refractivity contribution is -0.315. The minimum Gasteiger partial charge on any atom is -0.379 e. The molecule has 8 heteroatoms. The summed E-state index contributed by atoms with van der Waals surface area (Å²) in [5.41, 5.74) is -4.19. The van der Waals surface area contributed by atoms with Crippen molar-refractivity contribution in [3.63, 3.8) is 0 Å². The van der Waals surface area contributed by atoms with Crippen LogP contribution in [0.3, 0.4) is 0 Å². The van der Waals surface area contributed by atoms with E-state index >= 15 is 13.2 Å². The quantitative estimate of drug-likeness (QED) is 0.426. The summed E-state index contributed by atoms with van der Waals surface area (Å²) < 4.78 is 64.9. The molecule has 1 aromatic heterocycles. The number of aromatic amines is 1. The van der Waals surface area contributed by atoms with Crippen LogP contribution in [0.15, 0.2) is 48.5 Å². The molecule has 1 aliphatic heterocycles. The second-order valence-electron chi connectivity index (χ2n) is 10.3. The summed E-state index contributed by atoms with van der Waals surface area (Å²) in [7, 11) is 0. The van der Waals surface area contributed by atoms with E-state index < -0.39 is 35.0 Å². The SMILES string of the molecule is Cc1ccc(F)cc1C(C)(C)CC(O)(C(F)(F)F)C(C)(c1cc2ccccc2[nH]1)N1CCOCC1. The van der Waals surface area contributed by atoms with Gasteiger partial charge < -0.3 is 14.8 Å². The third-order valence-corrected chi connectivity index (χ3v) is 7.60. The van der Waals surface area contributed by atoms with E-state index in [2.05, 4.69) is 4.98 Å². The Hall–Kier alpha value is -2.42. The number of hydrogen-bond acceptors (Lipinski definition) is 3. The van der Waals surface area contributed by atoms with Gasteiger partial charge in [0.15, 0.2) is 5.60 Å². The highest BCUT2D eigenvalue weighted by Gasteiger charge is 2.68. The van der Waals surface area contributed by atoms with Gasteiger partial charge in [-0.2, -0.15) is 13.2 Å². The van der Waals surface area contributed by atoms with E-state index in [0.29, 0.717) is 16.6 Å². The van der Waals surface area contributed by atoms with Gasteiger partial charge in [0.1, 0.15) is 5.82 Å². The Balaban J connectivity index is 1.92. The fraction of sp³-hybridized carbons (Fsp3) is 0.481. The summed E-state index contributed by atoms with van der Waals surface area (Å²) in [5.74, 6) is -0.527. The van der Waals surface area contributed by atoms with Gasteiger partial charge >= 0.3 is 6.18 Å². The third-order valence-electron chi connectivity index (χ3n) is 7.60. The molecule has 4 rings (SSSR count). The number of aryl methyl sites for hydroxylation is 1. The van der Waals surface area contributed by atoms with Gasteiger partial charge in [-0.1, -0.05) is 38.1 Å². The van der Waals surface area contributed by atoms with Crippen LogP contribution >= 0.6 is 0 Å². The summed E-state index contributed by atoms with van der Waals surface area (Å²) >= 11 is 0. The number of fused-ring (bicyclic) bond motifs is 1. The summed E-state index contributed by atoms with van der Waals surface area (Å²) in [4.78, 5) is 4.81. The van der Waals surface area contributed by atoms with Gasteiger partial charge in [0.05, 0.1) is 18.8 Å². The van der Waals surface area contributed by atoms with Crippen molar-refractivity contribution in [3.8, 4) is 0 Å². The lowest BCUT2D eigenvalue weighted by Gasteiger charge is -2.54. The molecule has 35 heavy (non-hydrogen) atoms. The molecule has 4 nitrogen and oxygen atoms in total. The molecule has 0 aliphatic carbocycles. The Morgan fingerprint density at radius 1 is 1.00 bits per heavy atom. The van der Waals surface area contributed by atoms with E-state index in [1.54, 1.807) is 49.9 Å². The van der Waals surface area contributed by atoms with Crippen LogP contribution in [0, 0.1) is 12.7 Å². The molecular formula is C27H32F4N2O2. The molecule has 2 N–H and O–H groups in total. The van der Waals surface area contributed by atoms with Crippen LogP contribution in [0.4, 0.5) is 17.6 Å². The van der Waals surface area contributed by atoms with Gasteiger partial charge in [-0.3, -0.25) is 4.90 Å². The first-order valence-electron chi connectivity index (χ1n) is 11.8. The van der Waals surface area contributed by atoms with Gasteiger partial charge in [0, 0.05) is 24.3 Å². The number of ether oxygens (including phenoxy) is 1. The van der Waals surface area contributed by atoms with Crippen molar-refractivity contribution in [1.29, 1.82) is 0 Å². The predicted molar refractivity (Wildman–Crippen MR) is 128 cm³/mol. The summed E-state index contributed by atoms with van der Waals surface area (Å²) in [6, 6.07) is 13.0. The summed E-state index contributed by atoms with van der Waals surface area (Å²) in [6.45, 7) is 7.40. The molecule has 2 atom stereocenters. The second-order valence-corrected chi connectivity index (χ2v) is 10.3. The van der Waals surface area contributed by atoms with Crippen molar-refractivity contribution in [2.75, 3.05) is 26.3 Å². The molecule has 2 aromatic carbocycles. The summed E-state index contributed by atoms with van der Waals surface area (Å²) in [6.07, 6.45) is -5.66. The molecular weight excluding hydrogens is 460 g/mol. The van der Waals surface area contributed by atoms with E-state index in [1.165, 1.54) is 19.1 Å². The maximum atomic E-state index is 15.1. The van der Waals surface area contributed by atoms with Crippen LogP contribution in [-0.4, -0.2) is 53.1 Å². The number of alkyl halides is 3. The number of aliphatic hydroxyl groups is 1. The molecule has 0 radical (unpaired) electrons. The number of H-pyrrole nitrogens is 1. The zero-order valence-electron chi connectivity index (χ0n) is 20.5. The Kier molecular flexibility index (Phi) is 6.53. The molecule has 0 bridgehead atoms. The lowest BCUT2D eigenvalue weighted by atomic mass is 9.65. The Morgan fingerprint density at radius 3 is 2.29 bits per heavy atom. The Morgan fingerprint density at radius 2 is 1.66 bits per heavy atom. The van der Waals surface area contributed by atoms with Crippen molar-refractivity contribution in [2.45, 2.75) is 56.8 Å². The van der Waals surface area contributed by atoms with Crippen molar-refractivity contribution in [1.82, 2.24) is 9.88 Å². The largest absolute Gasteiger partial charge is 0.419 e. The molecule has 1 aliphatic rings. The maximum Gasteiger partial charge on any atom is 0.419 e. The van der Waals surface area contributed by atoms with Crippen LogP contribution in [0.2, 0.25) is 0 Å². The average molecular weight is 493 g/mol. The smallest absolute Gasteiger partial charge is 0.379 e. The molecule has 1 saturated heterocycles. The zero-order valence-corrected chi connectivity index (χ0v) is 20.5. The first-order valence-corrected chi connectivity index (χ1v) is 11.8. The number of rotatable bonds is 6. The van der Waals surface area contributed by atoms with Crippen molar-refractivity contribution >= 4 is 10.9 Å². The third kappa shape index (κ3) is 4.36. The van der Waals surface area contributed by atoms with E-state index in [0.717, 1.165) is 5.39 Å². The monoisotopic (exact) mass is 492 g/mol. The number of nitrogens with zero attached hydrogens (tertiary/aromatic N) is 1. The molecule has 0 amide bonds. The van der Waals surface area contributed by atoms with Crippen LogP contribution in [0.1, 0.15) is 44.0 Å². The lowest BCUT2D eigenvalue weighted by Crippen LogP contribution is -2.69. The fourth-order valence-electron chi connectivity index (χ4n) is 5.61. The van der Waals surface area contributed by atoms with Crippen molar-refractivity contribution in [3.05, 3.63) is 71.2 Å². The molecule has 1 fully saturated rings. The Labute approximate surface area is 202 Å². The van der Waals surface area contributed by atoms with E-state index in [4.69, 9.17) is 4.74 Å². The minimum atomic E-state index is -4.99. The molecule has 0 saturated carbocycles. The Bertz CT molecular complexity index is 1170. The summed E-state index contributed by atoms with van der Waals surface area (Å²) in [5, 5.41) is 12.7. The normalized spacial score (nSPS) is 19.5.